The van der Waals surface area contributed by atoms with Gasteiger partial charge in [0.1, 0.15) is 11.3 Å². The Balaban J connectivity index is 2.47. The fraction of sp³-hybridized carbons (Fsp3) is 0.188. The average Bonchev–Trinajstić information content (AvgIpc) is 2.59. The number of hydrogen-bond acceptors (Lipinski definition) is 4. The van der Waals surface area contributed by atoms with Gasteiger partial charge in [-0.25, -0.2) is 9.97 Å². The van der Waals surface area contributed by atoms with Gasteiger partial charge >= 0.3 is 12.4 Å². The van der Waals surface area contributed by atoms with Crippen LogP contribution in [-0.4, -0.2) is 21.6 Å². The fourth-order valence-corrected chi connectivity index (χ4v) is 2.59. The Hall–Kier alpha value is -3.11. The molecule has 0 fully saturated rings. The van der Waals surface area contributed by atoms with E-state index in [0.29, 0.717) is 10.6 Å². The maximum atomic E-state index is 13.3. The summed E-state index contributed by atoms with van der Waals surface area (Å²) < 4.78 is 79.5. The molecule has 0 unspecified atom stereocenters. The standard InChI is InChI=1S/C16H10F6N4O/c1-23-9-7-12(27)26(10-3-2-6-24-13(10)16(20,21)22)14-8(9)4-5-11(25-14)15(17,18)19/h2-7,23H,1H3. The highest BCUT2D eigenvalue weighted by molar-refractivity contribution is 5.90. The van der Waals surface area contributed by atoms with Crippen molar-refractivity contribution in [2.45, 2.75) is 12.4 Å². The van der Waals surface area contributed by atoms with Gasteiger partial charge in [0.2, 0.25) is 0 Å². The zero-order valence-electron chi connectivity index (χ0n) is 13.5. The lowest BCUT2D eigenvalue weighted by atomic mass is 10.2. The summed E-state index contributed by atoms with van der Waals surface area (Å²) in [6.45, 7) is 0. The van der Waals surface area contributed by atoms with Gasteiger partial charge in [0.15, 0.2) is 5.69 Å². The van der Waals surface area contributed by atoms with E-state index in [1.165, 1.54) is 7.05 Å². The highest BCUT2D eigenvalue weighted by Crippen LogP contribution is 2.34. The summed E-state index contributed by atoms with van der Waals surface area (Å²) in [6, 6.07) is 4.78. The minimum atomic E-state index is -4.92. The quantitative estimate of drug-likeness (QED) is 0.678. The molecule has 0 spiro atoms. The van der Waals surface area contributed by atoms with Crippen LogP contribution in [0.5, 0.6) is 0 Å². The first kappa shape index (κ1) is 18.7. The van der Waals surface area contributed by atoms with Crippen molar-refractivity contribution in [3.63, 3.8) is 0 Å². The molecule has 11 heteroatoms. The summed E-state index contributed by atoms with van der Waals surface area (Å²) >= 11 is 0. The summed E-state index contributed by atoms with van der Waals surface area (Å²) in [5.41, 5.74) is -4.89. The zero-order chi connectivity index (χ0) is 20.0. The molecule has 0 aromatic carbocycles. The molecule has 3 aromatic heterocycles. The molecule has 3 heterocycles. The lowest BCUT2D eigenvalue weighted by molar-refractivity contribution is -0.142. The van der Waals surface area contributed by atoms with E-state index in [0.717, 1.165) is 30.5 Å². The second kappa shape index (κ2) is 6.25. The molecule has 5 nitrogen and oxygen atoms in total. The van der Waals surface area contributed by atoms with Gasteiger partial charge in [-0.15, -0.1) is 0 Å². The van der Waals surface area contributed by atoms with E-state index < -0.39 is 40.6 Å². The van der Waals surface area contributed by atoms with E-state index in [1.807, 2.05) is 0 Å². The first-order valence-corrected chi connectivity index (χ1v) is 7.38. The van der Waals surface area contributed by atoms with Crippen LogP contribution >= 0.6 is 0 Å². The molecular weight excluding hydrogens is 378 g/mol. The monoisotopic (exact) mass is 388 g/mol. The molecule has 3 rings (SSSR count). The van der Waals surface area contributed by atoms with Crippen molar-refractivity contribution in [2.75, 3.05) is 12.4 Å². The molecule has 0 atom stereocenters. The number of hydrogen-bond donors (Lipinski definition) is 1. The molecule has 0 aliphatic rings. The van der Waals surface area contributed by atoms with Crippen LogP contribution in [0.4, 0.5) is 32.0 Å². The van der Waals surface area contributed by atoms with Crippen LogP contribution in [0.2, 0.25) is 0 Å². The molecular formula is C16H10F6N4O. The van der Waals surface area contributed by atoms with E-state index in [1.54, 1.807) is 0 Å². The topological polar surface area (TPSA) is 59.8 Å². The Kier molecular flexibility index (Phi) is 4.32. The number of alkyl halides is 6. The number of fused-ring (bicyclic) bond motifs is 1. The number of rotatable bonds is 2. The third-order valence-electron chi connectivity index (χ3n) is 3.72. The summed E-state index contributed by atoms with van der Waals surface area (Å²) in [6.07, 6.45) is -8.89. The smallest absolute Gasteiger partial charge is 0.387 e. The first-order chi connectivity index (χ1) is 12.5. The summed E-state index contributed by atoms with van der Waals surface area (Å²) in [5, 5.41) is 2.66. The van der Waals surface area contributed by atoms with Crippen molar-refractivity contribution in [1.29, 1.82) is 0 Å². The van der Waals surface area contributed by atoms with E-state index in [2.05, 4.69) is 15.3 Å². The first-order valence-electron chi connectivity index (χ1n) is 7.38. The summed E-state index contributed by atoms with van der Waals surface area (Å²) in [4.78, 5) is 19.1. The van der Waals surface area contributed by atoms with Gasteiger partial charge in [-0.3, -0.25) is 9.36 Å². The average molecular weight is 388 g/mol. The Bertz CT molecular complexity index is 1070. The van der Waals surface area contributed by atoms with E-state index in [9.17, 15) is 31.1 Å². The number of anilines is 1. The van der Waals surface area contributed by atoms with Gasteiger partial charge < -0.3 is 5.32 Å². The molecule has 0 saturated heterocycles. The molecule has 0 amide bonds. The minimum absolute atomic E-state index is 0.0436. The van der Waals surface area contributed by atoms with Crippen LogP contribution < -0.4 is 10.9 Å². The van der Waals surface area contributed by atoms with E-state index in [-0.39, 0.29) is 11.1 Å². The minimum Gasteiger partial charge on any atom is -0.387 e. The van der Waals surface area contributed by atoms with Crippen LogP contribution in [0.3, 0.4) is 0 Å². The van der Waals surface area contributed by atoms with Gasteiger partial charge in [0.05, 0.1) is 11.4 Å². The second-order valence-corrected chi connectivity index (χ2v) is 5.42. The molecule has 0 radical (unpaired) electrons. The van der Waals surface area contributed by atoms with Crippen LogP contribution in [0, 0.1) is 0 Å². The largest absolute Gasteiger partial charge is 0.435 e. The van der Waals surface area contributed by atoms with Gasteiger partial charge in [-0.05, 0) is 24.3 Å². The van der Waals surface area contributed by atoms with E-state index in [4.69, 9.17) is 0 Å². The van der Waals surface area contributed by atoms with Gasteiger partial charge in [0.25, 0.3) is 5.56 Å². The van der Waals surface area contributed by atoms with E-state index >= 15 is 0 Å². The molecule has 142 valence electrons. The second-order valence-electron chi connectivity index (χ2n) is 5.42. The number of halogens is 6. The van der Waals surface area contributed by atoms with Crippen molar-refractivity contribution in [3.8, 4) is 5.69 Å². The molecule has 27 heavy (non-hydrogen) atoms. The highest BCUT2D eigenvalue weighted by atomic mass is 19.4. The SMILES string of the molecule is CNc1cc(=O)n(-c2cccnc2C(F)(F)F)c2nc(C(F)(F)F)ccc12. The van der Waals surface area contributed by atoms with Gasteiger partial charge in [-0.1, -0.05) is 0 Å². The lowest BCUT2D eigenvalue weighted by Gasteiger charge is -2.17. The number of pyridine rings is 3. The predicted octanol–water partition coefficient (Wildman–Crippen LogP) is 3.86. The molecule has 0 bridgehead atoms. The number of nitrogens with zero attached hydrogens (tertiary/aromatic N) is 3. The predicted molar refractivity (Wildman–Crippen MR) is 84.7 cm³/mol. The van der Waals surface area contributed by atoms with Crippen molar-refractivity contribution in [1.82, 2.24) is 14.5 Å². The van der Waals surface area contributed by atoms with Crippen LogP contribution in [0.1, 0.15) is 11.4 Å². The molecule has 0 aliphatic heterocycles. The van der Waals surface area contributed by atoms with Crippen molar-refractivity contribution >= 4 is 16.7 Å². The lowest BCUT2D eigenvalue weighted by Crippen LogP contribution is -2.24. The number of nitrogens with one attached hydrogen (secondary N) is 1. The zero-order valence-corrected chi connectivity index (χ0v) is 13.5. The van der Waals surface area contributed by atoms with Crippen molar-refractivity contribution in [2.24, 2.45) is 0 Å². The van der Waals surface area contributed by atoms with Crippen LogP contribution in [-0.2, 0) is 12.4 Å². The Morgan fingerprint density at radius 3 is 2.33 bits per heavy atom. The molecule has 3 aromatic rings. The summed E-state index contributed by atoms with van der Waals surface area (Å²) in [5.74, 6) is 0. The molecule has 1 N–H and O–H groups in total. The molecule has 0 aliphatic carbocycles. The third kappa shape index (κ3) is 3.32. The fourth-order valence-electron chi connectivity index (χ4n) is 2.59. The highest BCUT2D eigenvalue weighted by Gasteiger charge is 2.37. The van der Waals surface area contributed by atoms with Gasteiger partial charge in [0, 0.05) is 24.7 Å². The van der Waals surface area contributed by atoms with Crippen molar-refractivity contribution < 1.29 is 26.3 Å². The molecule has 0 saturated carbocycles. The Labute approximate surface area is 147 Å². The third-order valence-corrected chi connectivity index (χ3v) is 3.72. The number of aromatic nitrogens is 3. The summed E-state index contributed by atoms with van der Waals surface area (Å²) in [7, 11) is 1.42. The van der Waals surface area contributed by atoms with Crippen LogP contribution in [0.15, 0.2) is 41.3 Å². The van der Waals surface area contributed by atoms with Crippen LogP contribution in [0.25, 0.3) is 16.7 Å². The maximum absolute atomic E-state index is 13.3. The normalized spacial score (nSPS) is 12.4. The van der Waals surface area contributed by atoms with Crippen molar-refractivity contribution in [3.05, 3.63) is 58.3 Å². The van der Waals surface area contributed by atoms with Gasteiger partial charge in [-0.2, -0.15) is 26.3 Å². The maximum Gasteiger partial charge on any atom is 0.435 e. The Morgan fingerprint density at radius 1 is 1.04 bits per heavy atom. The Morgan fingerprint density at radius 2 is 1.74 bits per heavy atom.